The Morgan fingerprint density at radius 1 is 1.67 bits per heavy atom. The van der Waals surface area contributed by atoms with Crippen molar-refractivity contribution in [1.82, 2.24) is 10.2 Å². The van der Waals surface area contributed by atoms with Gasteiger partial charge in [-0.3, -0.25) is 9.69 Å². The Hall–Kier alpha value is -0.610. The van der Waals surface area contributed by atoms with Crippen LogP contribution >= 0.6 is 0 Å². The standard InChI is InChI=1S/C11H22N2O2/c1-3-13(9(2)7-11(14)15)8-10-5-4-6-12-10/h9-10,12H,3-8H2,1-2H3,(H,14,15). The number of carboxylic acid groups (broad SMARTS) is 1. The number of carbonyl (C=O) groups is 1. The molecule has 88 valence electrons. The lowest BCUT2D eigenvalue weighted by atomic mass is 10.1. The summed E-state index contributed by atoms with van der Waals surface area (Å²) in [6, 6.07) is 0.691. The van der Waals surface area contributed by atoms with Crippen LogP contribution in [0.1, 0.15) is 33.1 Å². The zero-order valence-corrected chi connectivity index (χ0v) is 9.70. The van der Waals surface area contributed by atoms with Crippen molar-refractivity contribution < 1.29 is 9.90 Å². The molecule has 2 atom stereocenters. The van der Waals surface area contributed by atoms with Crippen molar-refractivity contribution in [3.63, 3.8) is 0 Å². The smallest absolute Gasteiger partial charge is 0.304 e. The minimum absolute atomic E-state index is 0.134. The first-order chi connectivity index (χ1) is 7.13. The van der Waals surface area contributed by atoms with Gasteiger partial charge in [0, 0.05) is 18.6 Å². The number of nitrogens with zero attached hydrogens (tertiary/aromatic N) is 1. The maximum absolute atomic E-state index is 10.6. The first kappa shape index (κ1) is 12.5. The van der Waals surface area contributed by atoms with Gasteiger partial charge in [0.15, 0.2) is 0 Å². The van der Waals surface area contributed by atoms with Crippen LogP contribution in [0.3, 0.4) is 0 Å². The molecule has 1 rings (SSSR count). The topological polar surface area (TPSA) is 52.6 Å². The molecule has 0 bridgehead atoms. The fourth-order valence-corrected chi connectivity index (χ4v) is 2.20. The summed E-state index contributed by atoms with van der Waals surface area (Å²) in [5, 5.41) is 12.2. The predicted molar refractivity (Wildman–Crippen MR) is 60.0 cm³/mol. The summed E-state index contributed by atoms with van der Waals surface area (Å²) in [5.74, 6) is -0.708. The Kier molecular flexibility index (Phi) is 5.05. The maximum atomic E-state index is 10.6. The molecule has 0 aliphatic carbocycles. The second-order valence-electron chi connectivity index (χ2n) is 4.33. The fourth-order valence-electron chi connectivity index (χ4n) is 2.20. The first-order valence-corrected chi connectivity index (χ1v) is 5.82. The highest BCUT2D eigenvalue weighted by Crippen LogP contribution is 2.10. The van der Waals surface area contributed by atoms with Crippen molar-refractivity contribution in [3.8, 4) is 0 Å². The van der Waals surface area contributed by atoms with Crippen LogP contribution in [0.25, 0.3) is 0 Å². The van der Waals surface area contributed by atoms with Crippen LogP contribution in [0.5, 0.6) is 0 Å². The van der Waals surface area contributed by atoms with Gasteiger partial charge in [0.05, 0.1) is 6.42 Å². The third-order valence-corrected chi connectivity index (χ3v) is 3.12. The minimum atomic E-state index is -0.708. The summed E-state index contributed by atoms with van der Waals surface area (Å²) in [6.45, 7) is 7.09. The van der Waals surface area contributed by atoms with Crippen LogP contribution in [0.4, 0.5) is 0 Å². The zero-order chi connectivity index (χ0) is 11.3. The van der Waals surface area contributed by atoms with Crippen molar-refractivity contribution >= 4 is 5.97 Å². The fraction of sp³-hybridized carbons (Fsp3) is 0.909. The Morgan fingerprint density at radius 2 is 2.40 bits per heavy atom. The van der Waals surface area contributed by atoms with Crippen LogP contribution in [0.15, 0.2) is 0 Å². The monoisotopic (exact) mass is 214 g/mol. The van der Waals surface area contributed by atoms with E-state index in [9.17, 15) is 4.79 Å². The van der Waals surface area contributed by atoms with Crippen molar-refractivity contribution in [2.75, 3.05) is 19.6 Å². The van der Waals surface area contributed by atoms with Crippen LogP contribution in [-0.2, 0) is 4.79 Å². The van der Waals surface area contributed by atoms with Crippen LogP contribution in [0.2, 0.25) is 0 Å². The van der Waals surface area contributed by atoms with E-state index in [2.05, 4.69) is 17.1 Å². The molecule has 0 spiro atoms. The molecule has 1 fully saturated rings. The molecule has 0 saturated carbocycles. The first-order valence-electron chi connectivity index (χ1n) is 5.82. The Bertz CT molecular complexity index is 203. The molecule has 0 aromatic heterocycles. The molecule has 0 aromatic carbocycles. The van der Waals surface area contributed by atoms with Gasteiger partial charge >= 0.3 is 5.97 Å². The predicted octanol–water partition coefficient (Wildman–Crippen LogP) is 0.923. The van der Waals surface area contributed by atoms with Gasteiger partial charge in [-0.05, 0) is 32.9 Å². The molecule has 15 heavy (non-hydrogen) atoms. The molecular weight excluding hydrogens is 192 g/mol. The van der Waals surface area contributed by atoms with E-state index in [0.717, 1.165) is 19.6 Å². The van der Waals surface area contributed by atoms with E-state index in [0.29, 0.717) is 6.04 Å². The number of carboxylic acids is 1. The summed E-state index contributed by atoms with van der Waals surface area (Å²) >= 11 is 0. The Labute approximate surface area is 91.6 Å². The Balaban J connectivity index is 2.35. The van der Waals surface area contributed by atoms with Crippen LogP contribution < -0.4 is 5.32 Å². The summed E-state index contributed by atoms with van der Waals surface area (Å²) in [5.41, 5.74) is 0. The number of likely N-dealkylation sites (N-methyl/N-ethyl adjacent to an activating group) is 1. The van der Waals surface area contributed by atoms with Gasteiger partial charge in [0.1, 0.15) is 0 Å². The van der Waals surface area contributed by atoms with E-state index < -0.39 is 5.97 Å². The molecule has 1 aliphatic heterocycles. The molecule has 1 heterocycles. The molecule has 2 N–H and O–H groups in total. The zero-order valence-electron chi connectivity index (χ0n) is 9.70. The molecular formula is C11H22N2O2. The minimum Gasteiger partial charge on any atom is -0.481 e. The average molecular weight is 214 g/mol. The van der Waals surface area contributed by atoms with E-state index >= 15 is 0 Å². The molecule has 0 amide bonds. The molecule has 1 aliphatic rings. The molecule has 0 aromatic rings. The molecule has 1 saturated heterocycles. The van der Waals surface area contributed by atoms with E-state index in [4.69, 9.17) is 5.11 Å². The SMILES string of the molecule is CCN(CC1CCCN1)C(C)CC(=O)O. The van der Waals surface area contributed by atoms with Crippen molar-refractivity contribution in [2.24, 2.45) is 0 Å². The summed E-state index contributed by atoms with van der Waals surface area (Å²) in [6.07, 6.45) is 2.70. The van der Waals surface area contributed by atoms with Crippen LogP contribution in [-0.4, -0.2) is 47.7 Å². The maximum Gasteiger partial charge on any atom is 0.304 e. The second-order valence-corrected chi connectivity index (χ2v) is 4.33. The highest BCUT2D eigenvalue weighted by atomic mass is 16.4. The third kappa shape index (κ3) is 4.18. The molecule has 4 heteroatoms. The average Bonchev–Trinajstić information content (AvgIpc) is 2.65. The summed E-state index contributed by atoms with van der Waals surface area (Å²) in [7, 11) is 0. The van der Waals surface area contributed by atoms with Gasteiger partial charge < -0.3 is 10.4 Å². The lowest BCUT2D eigenvalue weighted by Crippen LogP contribution is -2.42. The Morgan fingerprint density at radius 3 is 2.87 bits per heavy atom. The summed E-state index contributed by atoms with van der Waals surface area (Å²) in [4.78, 5) is 12.9. The number of rotatable bonds is 6. The largest absolute Gasteiger partial charge is 0.481 e. The van der Waals surface area contributed by atoms with Gasteiger partial charge in [0.25, 0.3) is 0 Å². The van der Waals surface area contributed by atoms with Gasteiger partial charge in [-0.1, -0.05) is 6.92 Å². The van der Waals surface area contributed by atoms with E-state index in [1.54, 1.807) is 0 Å². The number of aliphatic carboxylic acids is 1. The van der Waals surface area contributed by atoms with E-state index in [1.165, 1.54) is 12.8 Å². The lowest BCUT2D eigenvalue weighted by Gasteiger charge is -2.29. The van der Waals surface area contributed by atoms with E-state index in [-0.39, 0.29) is 12.5 Å². The normalized spacial score (nSPS) is 23.3. The lowest BCUT2D eigenvalue weighted by molar-refractivity contribution is -0.138. The van der Waals surface area contributed by atoms with Crippen molar-refractivity contribution in [2.45, 2.75) is 45.2 Å². The van der Waals surface area contributed by atoms with Gasteiger partial charge in [-0.2, -0.15) is 0 Å². The molecule has 4 nitrogen and oxygen atoms in total. The van der Waals surface area contributed by atoms with Crippen molar-refractivity contribution in [1.29, 1.82) is 0 Å². The highest BCUT2D eigenvalue weighted by molar-refractivity contribution is 5.67. The number of hydrogen-bond acceptors (Lipinski definition) is 3. The second kappa shape index (κ2) is 6.08. The van der Waals surface area contributed by atoms with Gasteiger partial charge in [-0.15, -0.1) is 0 Å². The van der Waals surface area contributed by atoms with Crippen LogP contribution in [0, 0.1) is 0 Å². The van der Waals surface area contributed by atoms with Gasteiger partial charge in [-0.25, -0.2) is 0 Å². The summed E-state index contributed by atoms with van der Waals surface area (Å²) < 4.78 is 0. The third-order valence-electron chi connectivity index (χ3n) is 3.12. The highest BCUT2D eigenvalue weighted by Gasteiger charge is 2.21. The number of nitrogens with one attached hydrogen (secondary N) is 1. The molecule has 2 unspecified atom stereocenters. The quantitative estimate of drug-likeness (QED) is 0.690. The van der Waals surface area contributed by atoms with Crippen molar-refractivity contribution in [3.05, 3.63) is 0 Å². The van der Waals surface area contributed by atoms with E-state index in [1.807, 2.05) is 6.92 Å². The number of hydrogen-bond donors (Lipinski definition) is 2. The van der Waals surface area contributed by atoms with Gasteiger partial charge in [0.2, 0.25) is 0 Å². The molecule has 0 radical (unpaired) electrons.